The molecule has 7 heteroatoms. The average Bonchev–Trinajstić information content (AvgIpc) is 3.04. The van der Waals surface area contributed by atoms with Gasteiger partial charge in [0.05, 0.1) is 17.1 Å². The molecule has 170 valence electrons. The number of fused-ring (bicyclic) bond motifs is 1. The maximum atomic E-state index is 15.3. The highest BCUT2D eigenvalue weighted by Crippen LogP contribution is 2.33. The first-order chi connectivity index (χ1) is 15.1. The zero-order valence-corrected chi connectivity index (χ0v) is 18.7. The molecule has 1 aromatic heterocycles. The van der Waals surface area contributed by atoms with E-state index in [4.69, 9.17) is 0 Å². The summed E-state index contributed by atoms with van der Waals surface area (Å²) in [6.07, 6.45) is 6.54. The summed E-state index contributed by atoms with van der Waals surface area (Å²) in [5.41, 5.74) is 2.37. The van der Waals surface area contributed by atoms with Crippen molar-refractivity contribution in [1.29, 1.82) is 0 Å². The number of hydrogen-bond acceptors (Lipinski definition) is 4. The van der Waals surface area contributed by atoms with E-state index in [0.717, 1.165) is 87.5 Å². The van der Waals surface area contributed by atoms with Crippen LogP contribution in [0, 0.1) is 11.7 Å². The number of hydrogen-bond donors (Lipinski definition) is 2. The third-order valence-corrected chi connectivity index (χ3v) is 7.85. The lowest BCUT2D eigenvalue weighted by atomic mass is 9.87. The summed E-state index contributed by atoms with van der Waals surface area (Å²) in [4.78, 5) is 15.6. The van der Waals surface area contributed by atoms with E-state index in [9.17, 15) is 4.79 Å². The van der Waals surface area contributed by atoms with E-state index >= 15 is 4.39 Å². The molecule has 6 nitrogen and oxygen atoms in total. The highest BCUT2D eigenvalue weighted by molar-refractivity contribution is 5.77. The normalized spacial score (nSPS) is 24.8. The SMILES string of the molecule is Cn1c(=O)n(C2CCCNC2)c2cc(F)c(C3CCN(CC4CCNCC4)CC3)cc21. The van der Waals surface area contributed by atoms with E-state index in [-0.39, 0.29) is 23.5 Å². The molecule has 2 aromatic rings. The molecular weight excluding hydrogens is 393 g/mol. The molecule has 31 heavy (non-hydrogen) atoms. The second-order valence-electron chi connectivity index (χ2n) is 9.84. The van der Waals surface area contributed by atoms with E-state index < -0.39 is 0 Å². The molecule has 3 saturated heterocycles. The second kappa shape index (κ2) is 9.04. The third-order valence-electron chi connectivity index (χ3n) is 7.85. The Hall–Kier alpha value is -1.70. The molecule has 0 bridgehead atoms. The molecule has 0 aliphatic carbocycles. The average molecular weight is 430 g/mol. The van der Waals surface area contributed by atoms with Gasteiger partial charge in [-0.3, -0.25) is 9.13 Å². The van der Waals surface area contributed by atoms with Crippen molar-refractivity contribution >= 4 is 11.0 Å². The summed E-state index contributed by atoms with van der Waals surface area (Å²) < 4.78 is 18.8. The number of benzene rings is 1. The summed E-state index contributed by atoms with van der Waals surface area (Å²) >= 11 is 0. The minimum absolute atomic E-state index is 0.0305. The maximum absolute atomic E-state index is 15.3. The first-order valence-corrected chi connectivity index (χ1v) is 12.2. The Bertz CT molecular complexity index is 962. The van der Waals surface area contributed by atoms with Crippen LogP contribution in [0.5, 0.6) is 0 Å². The lowest BCUT2D eigenvalue weighted by Crippen LogP contribution is -2.40. The molecule has 3 aliphatic rings. The van der Waals surface area contributed by atoms with E-state index in [1.807, 2.05) is 17.7 Å². The fourth-order valence-corrected chi connectivity index (χ4v) is 5.97. The van der Waals surface area contributed by atoms with Crippen molar-refractivity contribution < 1.29 is 4.39 Å². The molecule has 5 rings (SSSR count). The summed E-state index contributed by atoms with van der Waals surface area (Å²) in [6, 6.07) is 3.70. The Kier molecular flexibility index (Phi) is 6.17. The molecule has 4 heterocycles. The van der Waals surface area contributed by atoms with Crippen molar-refractivity contribution in [3.05, 3.63) is 34.0 Å². The number of halogens is 1. The van der Waals surface area contributed by atoms with Crippen LogP contribution in [0.2, 0.25) is 0 Å². The molecule has 3 aliphatic heterocycles. The maximum Gasteiger partial charge on any atom is 0.329 e. The zero-order chi connectivity index (χ0) is 21.4. The van der Waals surface area contributed by atoms with Gasteiger partial charge < -0.3 is 15.5 Å². The van der Waals surface area contributed by atoms with E-state index in [1.165, 1.54) is 19.4 Å². The predicted octanol–water partition coefficient (Wildman–Crippen LogP) is 2.58. The van der Waals surface area contributed by atoms with Gasteiger partial charge in [-0.2, -0.15) is 0 Å². The molecule has 0 spiro atoms. The van der Waals surface area contributed by atoms with Crippen molar-refractivity contribution in [3.8, 4) is 0 Å². The van der Waals surface area contributed by atoms with Gasteiger partial charge in [0, 0.05) is 26.2 Å². The predicted molar refractivity (Wildman–Crippen MR) is 122 cm³/mol. The topological polar surface area (TPSA) is 54.2 Å². The van der Waals surface area contributed by atoms with Gasteiger partial charge in [-0.1, -0.05) is 0 Å². The lowest BCUT2D eigenvalue weighted by Gasteiger charge is -2.35. The Morgan fingerprint density at radius 2 is 1.77 bits per heavy atom. The van der Waals surface area contributed by atoms with Gasteiger partial charge >= 0.3 is 5.69 Å². The fraction of sp³-hybridized carbons (Fsp3) is 0.708. The largest absolute Gasteiger partial charge is 0.329 e. The molecular formula is C24H36FN5O. The molecule has 0 amide bonds. The Balaban J connectivity index is 1.34. The van der Waals surface area contributed by atoms with Crippen LogP contribution in [0.4, 0.5) is 4.39 Å². The number of imidazole rings is 1. The van der Waals surface area contributed by atoms with Crippen LogP contribution in [0.25, 0.3) is 11.0 Å². The first-order valence-electron chi connectivity index (χ1n) is 12.2. The summed E-state index contributed by atoms with van der Waals surface area (Å²) in [5.74, 6) is 0.894. The van der Waals surface area contributed by atoms with Crippen LogP contribution >= 0.6 is 0 Å². The van der Waals surface area contributed by atoms with Crippen molar-refractivity contribution in [2.24, 2.45) is 13.0 Å². The molecule has 1 unspecified atom stereocenters. The lowest BCUT2D eigenvalue weighted by molar-refractivity contribution is 0.166. The van der Waals surface area contributed by atoms with Crippen molar-refractivity contribution in [2.45, 2.75) is 50.5 Å². The van der Waals surface area contributed by atoms with Crippen LogP contribution in [0.1, 0.15) is 56.0 Å². The third kappa shape index (κ3) is 4.20. The highest BCUT2D eigenvalue weighted by atomic mass is 19.1. The van der Waals surface area contributed by atoms with Crippen LogP contribution in [-0.4, -0.2) is 59.8 Å². The molecule has 3 fully saturated rings. The number of aromatic nitrogens is 2. The number of nitrogens with one attached hydrogen (secondary N) is 2. The van der Waals surface area contributed by atoms with Crippen molar-refractivity contribution in [1.82, 2.24) is 24.7 Å². The molecule has 1 atom stereocenters. The van der Waals surface area contributed by atoms with Gasteiger partial charge in [0.25, 0.3) is 0 Å². The number of likely N-dealkylation sites (tertiary alicyclic amines) is 1. The Labute approximate surface area is 183 Å². The van der Waals surface area contributed by atoms with Gasteiger partial charge in [0.1, 0.15) is 5.82 Å². The van der Waals surface area contributed by atoms with Gasteiger partial charge in [0.15, 0.2) is 0 Å². The Morgan fingerprint density at radius 1 is 1.00 bits per heavy atom. The molecule has 2 N–H and O–H groups in total. The van der Waals surface area contributed by atoms with Gasteiger partial charge in [-0.15, -0.1) is 0 Å². The van der Waals surface area contributed by atoms with E-state index in [1.54, 1.807) is 10.6 Å². The monoisotopic (exact) mass is 429 g/mol. The number of rotatable bonds is 4. The Morgan fingerprint density at radius 3 is 2.48 bits per heavy atom. The summed E-state index contributed by atoms with van der Waals surface area (Å²) in [5, 5.41) is 6.82. The smallest absolute Gasteiger partial charge is 0.317 e. The van der Waals surface area contributed by atoms with Gasteiger partial charge in [-0.25, -0.2) is 9.18 Å². The van der Waals surface area contributed by atoms with E-state index in [0.29, 0.717) is 0 Å². The van der Waals surface area contributed by atoms with Gasteiger partial charge in [-0.05, 0) is 94.7 Å². The number of aryl methyl sites for hydroxylation is 1. The van der Waals surface area contributed by atoms with Crippen LogP contribution < -0.4 is 16.3 Å². The van der Waals surface area contributed by atoms with Crippen LogP contribution in [0.3, 0.4) is 0 Å². The first kappa shape index (κ1) is 21.2. The van der Waals surface area contributed by atoms with Crippen LogP contribution in [-0.2, 0) is 7.05 Å². The minimum Gasteiger partial charge on any atom is -0.317 e. The van der Waals surface area contributed by atoms with Crippen molar-refractivity contribution in [3.63, 3.8) is 0 Å². The van der Waals surface area contributed by atoms with E-state index in [2.05, 4.69) is 15.5 Å². The van der Waals surface area contributed by atoms with Gasteiger partial charge in [0.2, 0.25) is 0 Å². The summed E-state index contributed by atoms with van der Waals surface area (Å²) in [7, 11) is 1.82. The number of nitrogens with zero attached hydrogens (tertiary/aromatic N) is 3. The quantitative estimate of drug-likeness (QED) is 0.785. The minimum atomic E-state index is -0.146. The fourth-order valence-electron chi connectivity index (χ4n) is 5.97. The second-order valence-corrected chi connectivity index (χ2v) is 9.84. The molecule has 0 saturated carbocycles. The van der Waals surface area contributed by atoms with Crippen molar-refractivity contribution in [2.75, 3.05) is 45.8 Å². The van der Waals surface area contributed by atoms with Crippen LogP contribution in [0.15, 0.2) is 16.9 Å². The standard InChI is InChI=1S/C24H36FN5O/c1-28-22-13-20(18-6-11-29(12-7-18)16-17-4-9-26-10-5-17)21(25)14-23(22)30(24(28)31)19-3-2-8-27-15-19/h13-14,17-19,26-27H,2-12,15-16H2,1H3. The number of piperidine rings is 3. The molecule has 1 aromatic carbocycles. The molecule has 0 radical (unpaired) electrons. The summed E-state index contributed by atoms with van der Waals surface area (Å²) in [6.45, 7) is 7.31. The highest BCUT2D eigenvalue weighted by Gasteiger charge is 2.27. The zero-order valence-electron chi connectivity index (χ0n) is 18.7.